The van der Waals surface area contributed by atoms with Crippen molar-refractivity contribution in [2.24, 2.45) is 0 Å². The number of ether oxygens (including phenoxy) is 1. The van der Waals surface area contributed by atoms with E-state index < -0.39 is 4.92 Å². The van der Waals surface area contributed by atoms with Crippen LogP contribution < -0.4 is 0 Å². The van der Waals surface area contributed by atoms with Gasteiger partial charge in [0, 0.05) is 17.0 Å². The predicted octanol–water partition coefficient (Wildman–Crippen LogP) is 3.15. The first-order valence-electron chi connectivity index (χ1n) is 5.42. The molecule has 0 aliphatic heterocycles. The molecule has 2 rings (SSSR count). The lowest BCUT2D eigenvalue weighted by Gasteiger charge is -2.07. The monoisotopic (exact) mass is 244 g/mol. The first-order chi connectivity index (χ1) is 8.67. The van der Waals surface area contributed by atoms with Crippen LogP contribution in [0.4, 0.5) is 5.82 Å². The molecule has 92 valence electrons. The minimum absolute atomic E-state index is 0.180. The normalized spacial score (nSPS) is 11.6. The molecule has 0 aliphatic carbocycles. The van der Waals surface area contributed by atoms with E-state index in [-0.39, 0.29) is 5.82 Å². The Morgan fingerprint density at radius 1 is 1.44 bits per heavy atom. The van der Waals surface area contributed by atoms with Crippen LogP contribution in [0.1, 0.15) is 12.5 Å². The van der Waals surface area contributed by atoms with E-state index in [0.29, 0.717) is 16.8 Å². The standard InChI is InChI=1S/C13H12N2O3/c1-3-12(18-2)10-8-13(15(16)17)14-11-7-5-4-6-9(10)11/h3-8H,1-2H3/b12-3-. The number of para-hydroxylation sites is 1. The molecular formula is C13H12N2O3. The second-order valence-electron chi connectivity index (χ2n) is 3.66. The molecule has 5 nitrogen and oxygen atoms in total. The minimum atomic E-state index is -0.501. The summed E-state index contributed by atoms with van der Waals surface area (Å²) in [5.41, 5.74) is 1.26. The van der Waals surface area contributed by atoms with E-state index >= 15 is 0 Å². The van der Waals surface area contributed by atoms with E-state index in [1.807, 2.05) is 19.1 Å². The van der Waals surface area contributed by atoms with Crippen LogP contribution >= 0.6 is 0 Å². The molecule has 0 saturated carbocycles. The number of aromatic nitrogens is 1. The fourth-order valence-electron chi connectivity index (χ4n) is 1.84. The summed E-state index contributed by atoms with van der Waals surface area (Å²) < 4.78 is 5.24. The Morgan fingerprint density at radius 3 is 2.78 bits per heavy atom. The fraction of sp³-hybridized carbons (Fsp3) is 0.154. The highest BCUT2D eigenvalue weighted by atomic mass is 16.6. The maximum Gasteiger partial charge on any atom is 0.364 e. The minimum Gasteiger partial charge on any atom is -0.496 e. The van der Waals surface area contributed by atoms with Crippen LogP contribution in [0.25, 0.3) is 16.7 Å². The lowest BCUT2D eigenvalue weighted by molar-refractivity contribution is -0.389. The summed E-state index contributed by atoms with van der Waals surface area (Å²) in [6, 6.07) is 8.70. The van der Waals surface area contributed by atoms with Gasteiger partial charge in [0.2, 0.25) is 0 Å². The molecule has 5 heteroatoms. The van der Waals surface area contributed by atoms with Gasteiger partial charge in [0.05, 0.1) is 7.11 Å². The molecule has 0 aliphatic rings. The number of methoxy groups -OCH3 is 1. The number of rotatable bonds is 3. The molecule has 1 aromatic heterocycles. The number of allylic oxidation sites excluding steroid dienone is 1. The van der Waals surface area contributed by atoms with Gasteiger partial charge in [0.25, 0.3) is 0 Å². The average molecular weight is 244 g/mol. The summed E-state index contributed by atoms with van der Waals surface area (Å²) in [6.45, 7) is 1.82. The summed E-state index contributed by atoms with van der Waals surface area (Å²) >= 11 is 0. The number of benzene rings is 1. The van der Waals surface area contributed by atoms with Gasteiger partial charge >= 0.3 is 5.82 Å². The van der Waals surface area contributed by atoms with Gasteiger partial charge in [-0.15, -0.1) is 0 Å². The molecule has 0 saturated heterocycles. The highest BCUT2D eigenvalue weighted by Crippen LogP contribution is 2.27. The Balaban J connectivity index is 2.80. The number of pyridine rings is 1. The molecule has 1 aromatic carbocycles. The first-order valence-corrected chi connectivity index (χ1v) is 5.42. The number of nitrogens with zero attached hydrogens (tertiary/aromatic N) is 2. The van der Waals surface area contributed by atoms with Crippen molar-refractivity contribution in [2.45, 2.75) is 6.92 Å². The molecule has 0 N–H and O–H groups in total. The van der Waals surface area contributed by atoms with Gasteiger partial charge in [0.15, 0.2) is 5.52 Å². The third-order valence-corrected chi connectivity index (χ3v) is 2.64. The fourth-order valence-corrected chi connectivity index (χ4v) is 1.84. The molecule has 0 unspecified atom stereocenters. The Labute approximate surface area is 104 Å². The maximum atomic E-state index is 10.9. The lowest BCUT2D eigenvalue weighted by atomic mass is 10.1. The van der Waals surface area contributed by atoms with Crippen LogP contribution in [-0.4, -0.2) is 17.0 Å². The van der Waals surface area contributed by atoms with Crippen molar-refractivity contribution >= 4 is 22.5 Å². The third kappa shape index (κ3) is 2.02. The Morgan fingerprint density at radius 2 is 2.17 bits per heavy atom. The van der Waals surface area contributed by atoms with Crippen LogP contribution in [0.3, 0.4) is 0 Å². The summed E-state index contributed by atoms with van der Waals surface area (Å²) in [7, 11) is 1.54. The van der Waals surface area contributed by atoms with Crippen molar-refractivity contribution < 1.29 is 9.66 Å². The Bertz CT molecular complexity index is 635. The van der Waals surface area contributed by atoms with Gasteiger partial charge in [-0.05, 0) is 35.0 Å². The molecule has 1 heterocycles. The average Bonchev–Trinajstić information content (AvgIpc) is 2.39. The van der Waals surface area contributed by atoms with Crippen molar-refractivity contribution in [3.05, 3.63) is 52.1 Å². The van der Waals surface area contributed by atoms with Crippen LogP contribution in [0, 0.1) is 10.1 Å². The van der Waals surface area contributed by atoms with Gasteiger partial charge in [-0.1, -0.05) is 12.1 Å². The molecule has 0 radical (unpaired) electrons. The van der Waals surface area contributed by atoms with E-state index in [2.05, 4.69) is 4.98 Å². The number of hydrogen-bond acceptors (Lipinski definition) is 4. The zero-order valence-corrected chi connectivity index (χ0v) is 10.1. The Kier molecular flexibility index (Phi) is 3.23. The van der Waals surface area contributed by atoms with Gasteiger partial charge in [-0.2, -0.15) is 0 Å². The lowest BCUT2D eigenvalue weighted by Crippen LogP contribution is -1.97. The van der Waals surface area contributed by atoms with Crippen LogP contribution in [0.15, 0.2) is 36.4 Å². The van der Waals surface area contributed by atoms with Crippen molar-refractivity contribution in [1.82, 2.24) is 4.98 Å². The van der Waals surface area contributed by atoms with Gasteiger partial charge < -0.3 is 14.9 Å². The second-order valence-corrected chi connectivity index (χ2v) is 3.66. The Hall–Kier alpha value is -2.43. The van der Waals surface area contributed by atoms with Gasteiger partial charge in [-0.3, -0.25) is 0 Å². The van der Waals surface area contributed by atoms with Crippen molar-refractivity contribution in [1.29, 1.82) is 0 Å². The number of nitro groups is 1. The second kappa shape index (κ2) is 4.83. The molecule has 0 atom stereocenters. The van der Waals surface area contributed by atoms with E-state index in [9.17, 15) is 10.1 Å². The maximum absolute atomic E-state index is 10.9. The van der Waals surface area contributed by atoms with Crippen molar-refractivity contribution in [3.63, 3.8) is 0 Å². The van der Waals surface area contributed by atoms with Crippen LogP contribution in [0.5, 0.6) is 0 Å². The van der Waals surface area contributed by atoms with Crippen molar-refractivity contribution in [3.8, 4) is 0 Å². The highest BCUT2D eigenvalue weighted by Gasteiger charge is 2.16. The SMILES string of the molecule is C/C=C(\OC)c1cc([N+](=O)[O-])nc2ccccc12. The molecule has 2 aromatic rings. The topological polar surface area (TPSA) is 65.3 Å². The summed E-state index contributed by atoms with van der Waals surface area (Å²) in [5.74, 6) is 0.414. The zero-order chi connectivity index (χ0) is 13.1. The molecular weight excluding hydrogens is 232 g/mol. The van der Waals surface area contributed by atoms with E-state index in [4.69, 9.17) is 4.74 Å². The summed E-state index contributed by atoms with van der Waals surface area (Å²) in [5, 5.41) is 11.7. The van der Waals surface area contributed by atoms with E-state index in [1.165, 1.54) is 13.2 Å². The van der Waals surface area contributed by atoms with Crippen molar-refractivity contribution in [2.75, 3.05) is 7.11 Å². The highest BCUT2D eigenvalue weighted by molar-refractivity contribution is 5.91. The first kappa shape index (κ1) is 12.0. The molecule has 0 amide bonds. The molecule has 0 bridgehead atoms. The smallest absolute Gasteiger partial charge is 0.364 e. The van der Waals surface area contributed by atoms with Gasteiger partial charge in [0.1, 0.15) is 5.76 Å². The zero-order valence-electron chi connectivity index (χ0n) is 10.1. The van der Waals surface area contributed by atoms with E-state index in [0.717, 1.165) is 5.39 Å². The molecule has 0 fully saturated rings. The van der Waals surface area contributed by atoms with Gasteiger partial charge in [-0.25, -0.2) is 0 Å². The van der Waals surface area contributed by atoms with Crippen LogP contribution in [-0.2, 0) is 4.74 Å². The quantitative estimate of drug-likeness (QED) is 0.472. The largest absolute Gasteiger partial charge is 0.496 e. The number of fused-ring (bicyclic) bond motifs is 1. The number of hydrogen-bond donors (Lipinski definition) is 0. The predicted molar refractivity (Wildman–Crippen MR) is 69.1 cm³/mol. The summed E-state index contributed by atoms with van der Waals surface area (Å²) in [6.07, 6.45) is 1.77. The van der Waals surface area contributed by atoms with E-state index in [1.54, 1.807) is 18.2 Å². The molecule has 0 spiro atoms. The van der Waals surface area contributed by atoms with Crippen LogP contribution in [0.2, 0.25) is 0 Å². The molecule has 18 heavy (non-hydrogen) atoms. The third-order valence-electron chi connectivity index (χ3n) is 2.64. The summed E-state index contributed by atoms with van der Waals surface area (Å²) in [4.78, 5) is 14.4.